The van der Waals surface area contributed by atoms with Crippen LogP contribution in [0.3, 0.4) is 0 Å². The predicted octanol–water partition coefficient (Wildman–Crippen LogP) is -6.35. The fourth-order valence-electron chi connectivity index (χ4n) is 0. The van der Waals surface area contributed by atoms with Crippen molar-refractivity contribution in [3.05, 3.63) is 0 Å². The molecule has 0 fully saturated rings. The maximum atomic E-state index is 0. The molecule has 0 heterocycles. The molecule has 0 radical (unpaired) electrons. The maximum absolute atomic E-state index is 0. The van der Waals surface area contributed by atoms with Gasteiger partial charge < -0.3 is 16.4 Å². The third-order valence-corrected chi connectivity index (χ3v) is 0. The summed E-state index contributed by atoms with van der Waals surface area (Å²) in [5.41, 5.74) is 0. The molecule has 0 spiro atoms. The number of rotatable bonds is 0. The minimum atomic E-state index is 0. The van der Waals surface area contributed by atoms with E-state index in [1.807, 2.05) is 0 Å². The minimum absolute atomic E-state index is 0. The second-order valence-corrected chi connectivity index (χ2v) is 0. The summed E-state index contributed by atoms with van der Waals surface area (Å²) in [7, 11) is 0. The van der Waals surface area contributed by atoms with Crippen LogP contribution in [0.4, 0.5) is 0 Å². The van der Waals surface area contributed by atoms with E-state index in [0.717, 1.165) is 0 Å². The first kappa shape index (κ1) is 49.6. The second-order valence-electron chi connectivity index (χ2n) is 0. The van der Waals surface area contributed by atoms with Gasteiger partial charge in [0.1, 0.15) is 0 Å². The molecule has 0 aliphatic carbocycles. The molecule has 0 N–H and O–H groups in total. The quantitative estimate of drug-likeness (QED) is 0.398. The van der Waals surface area contributed by atoms with Gasteiger partial charge in [0, 0.05) is 0 Å². The van der Waals surface area contributed by atoms with E-state index >= 15 is 0 Å². The van der Waals surface area contributed by atoms with Gasteiger partial charge in [-0.2, -0.15) is 0 Å². The molecule has 6 heavy (non-hydrogen) atoms. The first-order chi connectivity index (χ1) is 0. The smallest absolute Gasteiger partial charge is 2.00 e. The molecule has 0 rings (SSSR count). The van der Waals surface area contributed by atoms with E-state index in [4.69, 9.17) is 0 Å². The third kappa shape index (κ3) is 24.3. The first-order valence-electron chi connectivity index (χ1n) is 0. The van der Waals surface area contributed by atoms with Crippen molar-refractivity contribution in [3.8, 4) is 0 Å². The van der Waals surface area contributed by atoms with Crippen LogP contribution < -0.4 is 116 Å². The molecule has 0 aromatic rings. The standard InChI is InChI=1S/3O.2Rb.Ru/q3*-2;2*+1;+4. The van der Waals surface area contributed by atoms with Crippen molar-refractivity contribution in [2.24, 2.45) is 0 Å². The van der Waals surface area contributed by atoms with Crippen LogP contribution in [-0.2, 0) is 35.9 Å². The molecule has 3 nitrogen and oxygen atoms in total. The number of hydrogen-bond donors (Lipinski definition) is 0. The van der Waals surface area contributed by atoms with Crippen LogP contribution in [0, 0.1) is 0 Å². The molecule has 0 aromatic heterocycles. The van der Waals surface area contributed by atoms with Gasteiger partial charge >= 0.3 is 136 Å². The van der Waals surface area contributed by atoms with Crippen molar-refractivity contribution in [1.29, 1.82) is 0 Å². The normalized spacial score (nSPS) is 0. The first-order valence-corrected chi connectivity index (χ1v) is 0. The molecule has 0 saturated heterocycles. The van der Waals surface area contributed by atoms with Crippen molar-refractivity contribution in [1.82, 2.24) is 0 Å². The second kappa shape index (κ2) is 35.5. The summed E-state index contributed by atoms with van der Waals surface area (Å²) in [6.45, 7) is 0. The van der Waals surface area contributed by atoms with Gasteiger partial charge in [-0.1, -0.05) is 0 Å². The Hall–Kier alpha value is 4.11. The molecule has 0 amide bonds. The largest absolute Gasteiger partial charge is 4.00 e. The van der Waals surface area contributed by atoms with Crippen LogP contribution in [0.15, 0.2) is 0 Å². The van der Waals surface area contributed by atoms with Crippen LogP contribution in [0.5, 0.6) is 0 Å². The Morgan fingerprint density at radius 2 is 0.500 bits per heavy atom. The van der Waals surface area contributed by atoms with Gasteiger partial charge in [0.05, 0.1) is 0 Å². The molecule has 0 unspecified atom stereocenters. The van der Waals surface area contributed by atoms with E-state index in [0.29, 0.717) is 0 Å². The SMILES string of the molecule is [O-2].[O-2].[O-2].[Rb+].[Rb+].[Ru+4]. The number of hydrogen-bond acceptors (Lipinski definition) is 0. The Morgan fingerprint density at radius 1 is 0.500 bits per heavy atom. The molecular weight excluding hydrogens is 320 g/mol. The molecule has 6 heteroatoms. The van der Waals surface area contributed by atoms with E-state index in [1.54, 1.807) is 0 Å². The minimum Gasteiger partial charge on any atom is -2.00 e. The Kier molecular flexibility index (Phi) is 293. The molecule has 28 valence electrons. The molecule has 0 aliphatic rings. The van der Waals surface area contributed by atoms with Crippen molar-refractivity contribution in [2.75, 3.05) is 0 Å². The van der Waals surface area contributed by atoms with E-state index < -0.39 is 0 Å². The van der Waals surface area contributed by atoms with E-state index in [9.17, 15) is 0 Å². The van der Waals surface area contributed by atoms with Crippen LogP contribution in [0.2, 0.25) is 0 Å². The van der Waals surface area contributed by atoms with Crippen molar-refractivity contribution in [2.45, 2.75) is 0 Å². The summed E-state index contributed by atoms with van der Waals surface area (Å²) < 4.78 is 0. The monoisotopic (exact) mass is 320 g/mol. The zero-order valence-corrected chi connectivity index (χ0v) is 15.1. The zero-order valence-electron chi connectivity index (χ0n) is 3.58. The van der Waals surface area contributed by atoms with Crippen LogP contribution in [-0.4, -0.2) is 0 Å². The molecular formula is O3Rb2Ru. The van der Waals surface area contributed by atoms with E-state index in [-0.39, 0.29) is 152 Å². The summed E-state index contributed by atoms with van der Waals surface area (Å²) >= 11 is 0. The van der Waals surface area contributed by atoms with Crippen molar-refractivity contribution in [3.63, 3.8) is 0 Å². The summed E-state index contributed by atoms with van der Waals surface area (Å²) in [5, 5.41) is 0. The topological polar surface area (TPSA) is 85.5 Å². The average molecular weight is 320 g/mol. The van der Waals surface area contributed by atoms with Crippen molar-refractivity contribution < 1.29 is 152 Å². The molecule has 0 atom stereocenters. The zero-order chi connectivity index (χ0) is 0. The van der Waals surface area contributed by atoms with Crippen LogP contribution >= 0.6 is 0 Å². The fraction of sp³-hybridized carbons (Fsp3) is 0. The third-order valence-electron chi connectivity index (χ3n) is 0. The van der Waals surface area contributed by atoms with Gasteiger partial charge in [-0.3, -0.25) is 0 Å². The average Bonchev–Trinajstić information content (AvgIpc) is 0. The Labute approximate surface area is 147 Å². The molecule has 0 bridgehead atoms. The molecule has 0 aliphatic heterocycles. The van der Waals surface area contributed by atoms with Gasteiger partial charge in [-0.15, -0.1) is 0 Å². The predicted molar refractivity (Wildman–Crippen MR) is 2.06 cm³/mol. The molecule has 0 saturated carbocycles. The Morgan fingerprint density at radius 3 is 0.500 bits per heavy atom. The summed E-state index contributed by atoms with van der Waals surface area (Å²) in [6.07, 6.45) is 0. The molecule has 0 aromatic carbocycles. The Balaban J connectivity index is 0. The van der Waals surface area contributed by atoms with E-state index in [2.05, 4.69) is 0 Å². The fourth-order valence-corrected chi connectivity index (χ4v) is 0. The van der Waals surface area contributed by atoms with Crippen LogP contribution in [0.1, 0.15) is 0 Å². The van der Waals surface area contributed by atoms with Gasteiger partial charge in [0.2, 0.25) is 0 Å². The van der Waals surface area contributed by atoms with Crippen LogP contribution in [0.25, 0.3) is 0 Å². The maximum Gasteiger partial charge on any atom is 4.00 e. The van der Waals surface area contributed by atoms with Crippen molar-refractivity contribution >= 4 is 0 Å². The van der Waals surface area contributed by atoms with Gasteiger partial charge in [-0.05, 0) is 0 Å². The van der Waals surface area contributed by atoms with Gasteiger partial charge in [0.15, 0.2) is 0 Å². The summed E-state index contributed by atoms with van der Waals surface area (Å²) in [6, 6.07) is 0. The van der Waals surface area contributed by atoms with E-state index in [1.165, 1.54) is 0 Å². The summed E-state index contributed by atoms with van der Waals surface area (Å²) in [5.74, 6) is 0. The Bertz CT molecular complexity index is 8.75. The van der Waals surface area contributed by atoms with Gasteiger partial charge in [-0.25, -0.2) is 0 Å². The summed E-state index contributed by atoms with van der Waals surface area (Å²) in [4.78, 5) is 0. The van der Waals surface area contributed by atoms with Gasteiger partial charge in [0.25, 0.3) is 0 Å².